The van der Waals surface area contributed by atoms with Gasteiger partial charge < -0.3 is 35.6 Å². The van der Waals surface area contributed by atoms with Crippen LogP contribution in [0.25, 0.3) is 0 Å². The molecule has 4 aromatic rings. The fourth-order valence-electron chi connectivity index (χ4n) is 5.22. The van der Waals surface area contributed by atoms with Crippen molar-refractivity contribution in [2.45, 2.75) is 11.0 Å². The molecule has 22 heteroatoms. The Morgan fingerprint density at radius 2 is 0.692 bits per heavy atom. The number of fused-ring (bicyclic) bond motifs is 2. The summed E-state index contributed by atoms with van der Waals surface area (Å²) in [5.74, 6) is 0.359. The molecule has 0 amide bonds. The first-order valence-corrected chi connectivity index (χ1v) is 17.8. The molecule has 280 valence electrons. The summed E-state index contributed by atoms with van der Waals surface area (Å²) in [4.78, 5) is 0. The van der Waals surface area contributed by atoms with Gasteiger partial charge in [0.15, 0.2) is 0 Å². The number of benzene rings is 4. The Kier molecular flexibility index (Phi) is 9.83. The van der Waals surface area contributed by atoms with Crippen LogP contribution in [0.3, 0.4) is 0 Å². The minimum atomic E-state index is -5.99. The van der Waals surface area contributed by atoms with Crippen molar-refractivity contribution in [1.29, 1.82) is 0 Å². The highest BCUT2D eigenvalue weighted by Crippen LogP contribution is 2.45. The Hall–Kier alpha value is -4.47. The SMILES string of the molecule is C[N+](C)(c1ccccc1)[B-]1(OS(=O)(=O)C(F)(F)F)Oc2ccccc2O1.C[N+](C)(c1ccccc1)[B-]1(OS(=O)(=O)C(F)(F)F)Oc2ccccc2O1. The number of hydrogen-bond donors (Lipinski definition) is 0. The zero-order valence-corrected chi connectivity index (χ0v) is 29.2. The van der Waals surface area contributed by atoms with E-state index in [0.717, 1.165) is 0 Å². The maximum absolute atomic E-state index is 13.0. The molecule has 0 spiro atoms. The van der Waals surface area contributed by atoms with Crippen molar-refractivity contribution in [2.24, 2.45) is 0 Å². The second-order valence-electron chi connectivity index (χ2n) is 12.3. The van der Waals surface area contributed by atoms with Crippen LogP contribution in [0.1, 0.15) is 0 Å². The first-order valence-electron chi connectivity index (χ1n) is 15.0. The molecule has 0 atom stereocenters. The molecular weight excluding hydrogens is 748 g/mol. The van der Waals surface area contributed by atoms with Crippen molar-refractivity contribution in [1.82, 2.24) is 8.79 Å². The predicted molar refractivity (Wildman–Crippen MR) is 179 cm³/mol. The lowest BCUT2D eigenvalue weighted by atomic mass is 9.89. The molecule has 0 aromatic heterocycles. The summed E-state index contributed by atoms with van der Waals surface area (Å²) in [7, 11) is -6.22. The van der Waals surface area contributed by atoms with Crippen LogP contribution >= 0.6 is 0 Å². The Labute approximate surface area is 295 Å². The smallest absolute Gasteiger partial charge is 0.600 e. The Morgan fingerprint density at radius 3 is 0.923 bits per heavy atom. The number of nitrogens with zero attached hydrogens (tertiary/aromatic N) is 2. The zero-order chi connectivity index (χ0) is 38.4. The number of hydrogen-bond acceptors (Lipinski definition) is 10. The van der Waals surface area contributed by atoms with Crippen LogP contribution < -0.4 is 27.4 Å². The second kappa shape index (κ2) is 13.2. The largest absolute Gasteiger partial charge is 0.759 e. The van der Waals surface area contributed by atoms with Gasteiger partial charge in [-0.2, -0.15) is 43.2 Å². The highest BCUT2D eigenvalue weighted by Gasteiger charge is 2.66. The zero-order valence-electron chi connectivity index (χ0n) is 27.6. The molecule has 2 aliphatic heterocycles. The van der Waals surface area contributed by atoms with E-state index in [2.05, 4.69) is 8.20 Å². The lowest BCUT2D eigenvalue weighted by Crippen LogP contribution is -2.74. The van der Waals surface area contributed by atoms with Gasteiger partial charge in [0.2, 0.25) is 0 Å². The van der Waals surface area contributed by atoms with Crippen molar-refractivity contribution in [3.8, 4) is 23.0 Å². The molecule has 0 unspecified atom stereocenters. The van der Waals surface area contributed by atoms with E-state index in [4.69, 9.17) is 18.6 Å². The van der Waals surface area contributed by atoms with Gasteiger partial charge in [0, 0.05) is 28.2 Å². The molecule has 2 heterocycles. The highest BCUT2D eigenvalue weighted by atomic mass is 32.2. The normalized spacial score (nSPS) is 16.5. The van der Waals surface area contributed by atoms with Gasteiger partial charge in [-0.05, 0) is 48.5 Å². The Balaban J connectivity index is 0.000000201. The molecule has 4 aromatic carbocycles. The van der Waals surface area contributed by atoms with Gasteiger partial charge in [-0.1, -0.05) is 60.7 Å². The van der Waals surface area contributed by atoms with Gasteiger partial charge in [0.05, 0.1) is 11.4 Å². The van der Waals surface area contributed by atoms with E-state index in [1.807, 2.05) is 0 Å². The van der Waals surface area contributed by atoms with Gasteiger partial charge in [-0.25, -0.2) is 0 Å². The van der Waals surface area contributed by atoms with Crippen LogP contribution in [0.2, 0.25) is 0 Å². The third-order valence-corrected chi connectivity index (χ3v) is 10.4. The summed E-state index contributed by atoms with van der Waals surface area (Å²) < 4.78 is 155. The summed E-state index contributed by atoms with van der Waals surface area (Å²) in [6.45, 7) is -6.96. The van der Waals surface area contributed by atoms with Gasteiger partial charge in [-0.15, -0.1) is 0 Å². The fourth-order valence-corrected chi connectivity index (χ4v) is 6.67. The van der Waals surface area contributed by atoms with Crippen LogP contribution in [0.15, 0.2) is 109 Å². The van der Waals surface area contributed by atoms with Crippen molar-refractivity contribution in [3.63, 3.8) is 0 Å². The quantitative estimate of drug-likeness (QED) is 0.119. The standard InChI is InChI=1S/2C15H15BF3NO5S/c2*1-20(2,12-8-4-3-5-9-12)16(25-26(21,22)15(17,18)19)23-13-10-6-7-11-14(13)24-16/h2*3-11H,1-2H3. The van der Waals surface area contributed by atoms with Crippen LogP contribution in [-0.2, 0) is 28.4 Å². The minimum Gasteiger partial charge on any atom is -0.600 e. The van der Waals surface area contributed by atoms with Crippen molar-refractivity contribution in [2.75, 3.05) is 28.2 Å². The van der Waals surface area contributed by atoms with E-state index in [-0.39, 0.29) is 23.0 Å². The van der Waals surface area contributed by atoms with Crippen LogP contribution in [-0.4, -0.2) is 69.8 Å². The van der Waals surface area contributed by atoms with Crippen molar-refractivity contribution < 1.29 is 70.0 Å². The van der Waals surface area contributed by atoms with Crippen LogP contribution in [0.4, 0.5) is 37.7 Å². The summed E-state index contributed by atoms with van der Waals surface area (Å²) in [5.41, 5.74) is -10.4. The molecule has 0 bridgehead atoms. The average Bonchev–Trinajstić information content (AvgIpc) is 3.64. The lowest BCUT2D eigenvalue weighted by molar-refractivity contribution is -0.0526. The molecular formula is C30H30B2F6N2O10S2. The van der Waals surface area contributed by atoms with Gasteiger partial charge in [0.1, 0.15) is 23.0 Å². The maximum Gasteiger partial charge on any atom is 0.759 e. The molecule has 6 rings (SSSR count). The first-order chi connectivity index (χ1) is 24.0. The van der Waals surface area contributed by atoms with Crippen molar-refractivity contribution >= 4 is 45.4 Å². The third-order valence-electron chi connectivity index (χ3n) is 8.29. The van der Waals surface area contributed by atoms with Crippen LogP contribution in [0.5, 0.6) is 23.0 Å². The predicted octanol–water partition coefficient (Wildman–Crippen LogP) is 6.05. The molecule has 52 heavy (non-hydrogen) atoms. The number of alkyl halides is 6. The highest BCUT2D eigenvalue weighted by molar-refractivity contribution is 7.88. The molecule has 12 nitrogen and oxygen atoms in total. The van der Waals surface area contributed by atoms with E-state index < -0.39 is 53.8 Å². The van der Waals surface area contributed by atoms with E-state index in [9.17, 15) is 43.2 Å². The number of halogens is 6. The second-order valence-corrected chi connectivity index (χ2v) is 15.4. The average molecular weight is 778 g/mol. The van der Waals surface area contributed by atoms with E-state index in [0.29, 0.717) is 11.4 Å². The van der Waals surface area contributed by atoms with E-state index in [1.165, 1.54) is 52.5 Å². The number of para-hydroxylation sites is 6. The first kappa shape index (κ1) is 38.8. The molecule has 0 saturated carbocycles. The van der Waals surface area contributed by atoms with Crippen LogP contribution in [0, 0.1) is 0 Å². The summed E-state index contributed by atoms with van der Waals surface area (Å²) in [6, 6.07) is 28.5. The summed E-state index contributed by atoms with van der Waals surface area (Å²) in [5, 5.41) is 0. The monoisotopic (exact) mass is 778 g/mol. The number of rotatable bonds is 8. The maximum atomic E-state index is 13.0. The van der Waals surface area contributed by atoms with Gasteiger partial charge in [-0.3, -0.25) is 0 Å². The molecule has 0 radical (unpaired) electrons. The molecule has 0 fully saturated rings. The summed E-state index contributed by atoms with van der Waals surface area (Å²) in [6.07, 6.45) is 0. The van der Waals surface area contributed by atoms with Gasteiger partial charge in [0.25, 0.3) is 0 Å². The minimum absolute atomic E-state index is 0.0898. The lowest BCUT2D eigenvalue weighted by Gasteiger charge is -2.47. The third kappa shape index (κ3) is 7.00. The molecule has 2 aliphatic rings. The summed E-state index contributed by atoms with van der Waals surface area (Å²) >= 11 is 0. The van der Waals surface area contributed by atoms with E-state index in [1.54, 1.807) is 84.9 Å². The number of quaternary nitrogens is 2. The Bertz CT molecular complexity index is 1940. The van der Waals surface area contributed by atoms with E-state index >= 15 is 0 Å². The molecule has 0 N–H and O–H groups in total. The fraction of sp³-hybridized carbons (Fsp3) is 0.200. The molecule has 0 saturated heterocycles. The topological polar surface area (TPSA) is 124 Å². The molecule has 0 aliphatic carbocycles. The van der Waals surface area contributed by atoms with Gasteiger partial charge >= 0.3 is 45.0 Å². The Morgan fingerprint density at radius 1 is 0.462 bits per heavy atom. The van der Waals surface area contributed by atoms with Crippen molar-refractivity contribution in [3.05, 3.63) is 109 Å².